The van der Waals surface area contributed by atoms with E-state index in [9.17, 15) is 4.79 Å². The maximum atomic E-state index is 12.4. The van der Waals surface area contributed by atoms with Gasteiger partial charge in [-0.2, -0.15) is 15.1 Å². The van der Waals surface area contributed by atoms with Gasteiger partial charge in [0.15, 0.2) is 5.84 Å². The van der Waals surface area contributed by atoms with E-state index < -0.39 is 5.91 Å². The fourth-order valence-electron chi connectivity index (χ4n) is 2.66. The number of carbonyl (C=O) groups excluding carboxylic acids is 1. The largest absolute Gasteiger partial charge is 0.457 e. The highest BCUT2D eigenvalue weighted by Gasteiger charge is 2.36. The molecule has 0 radical (unpaired) electrons. The van der Waals surface area contributed by atoms with Crippen molar-refractivity contribution in [2.24, 2.45) is 16.0 Å². The average Bonchev–Trinajstić information content (AvgIpc) is 3.25. The van der Waals surface area contributed by atoms with Crippen LogP contribution in [0.3, 0.4) is 0 Å². The van der Waals surface area contributed by atoms with Gasteiger partial charge in [0.1, 0.15) is 16.6 Å². The highest BCUT2D eigenvalue weighted by molar-refractivity contribution is 8.27. The van der Waals surface area contributed by atoms with Crippen LogP contribution >= 0.6 is 35.0 Å². The third-order valence-electron chi connectivity index (χ3n) is 4.02. The third kappa shape index (κ3) is 3.53. The van der Waals surface area contributed by atoms with Gasteiger partial charge in [-0.25, -0.2) is 0 Å². The molecule has 1 aromatic carbocycles. The molecule has 0 bridgehead atoms. The Morgan fingerprint density at radius 1 is 1.21 bits per heavy atom. The maximum Gasteiger partial charge on any atom is 0.283 e. The molecule has 2 aliphatic rings. The van der Waals surface area contributed by atoms with Gasteiger partial charge < -0.3 is 4.42 Å². The van der Waals surface area contributed by atoms with E-state index in [2.05, 4.69) is 10.1 Å². The number of furan rings is 1. The Balaban J connectivity index is 1.66. The fourth-order valence-corrected chi connectivity index (χ4v) is 4.08. The number of halogens is 2. The second-order valence-electron chi connectivity index (χ2n) is 6.47. The topological polar surface area (TPSA) is 82.0 Å². The van der Waals surface area contributed by atoms with Crippen molar-refractivity contribution < 1.29 is 9.21 Å². The Morgan fingerprint density at radius 2 is 1.93 bits per heavy atom. The van der Waals surface area contributed by atoms with Gasteiger partial charge >= 0.3 is 0 Å². The van der Waals surface area contributed by atoms with E-state index in [1.54, 1.807) is 30.3 Å². The molecule has 0 saturated heterocycles. The summed E-state index contributed by atoms with van der Waals surface area (Å²) in [6, 6.07) is 8.56. The van der Waals surface area contributed by atoms with Crippen molar-refractivity contribution >= 4 is 63.0 Å². The molecule has 0 spiro atoms. The molecule has 3 heterocycles. The van der Waals surface area contributed by atoms with Crippen molar-refractivity contribution in [1.29, 1.82) is 5.41 Å². The number of rotatable bonds is 3. The Labute approximate surface area is 175 Å². The van der Waals surface area contributed by atoms with Gasteiger partial charge in [-0.15, -0.1) is 0 Å². The van der Waals surface area contributed by atoms with Crippen LogP contribution in [-0.4, -0.2) is 27.0 Å². The number of hydrogen-bond donors (Lipinski definition) is 1. The highest BCUT2D eigenvalue weighted by Crippen LogP contribution is 2.32. The summed E-state index contributed by atoms with van der Waals surface area (Å²) in [5.41, 5.74) is 0.831. The number of hydrazone groups is 1. The van der Waals surface area contributed by atoms with E-state index >= 15 is 0 Å². The van der Waals surface area contributed by atoms with Gasteiger partial charge in [0, 0.05) is 21.5 Å². The molecule has 6 nitrogen and oxygen atoms in total. The van der Waals surface area contributed by atoms with Crippen LogP contribution in [-0.2, 0) is 4.79 Å². The molecule has 0 unspecified atom stereocenters. The first-order chi connectivity index (χ1) is 13.3. The van der Waals surface area contributed by atoms with Crippen LogP contribution in [0.2, 0.25) is 10.0 Å². The van der Waals surface area contributed by atoms with Crippen LogP contribution < -0.4 is 0 Å². The number of carbonyl (C=O) groups is 1. The number of fused-ring (bicyclic) bond motifs is 1. The zero-order valence-corrected chi connectivity index (χ0v) is 17.2. The van der Waals surface area contributed by atoms with Crippen LogP contribution in [0.1, 0.15) is 19.6 Å². The van der Waals surface area contributed by atoms with Crippen molar-refractivity contribution in [2.45, 2.75) is 13.8 Å². The average molecular weight is 433 g/mol. The summed E-state index contributed by atoms with van der Waals surface area (Å²) in [4.78, 5) is 16.5. The minimum Gasteiger partial charge on any atom is -0.457 e. The summed E-state index contributed by atoms with van der Waals surface area (Å²) in [6.45, 7) is 4.00. The lowest BCUT2D eigenvalue weighted by atomic mass is 10.1. The summed E-state index contributed by atoms with van der Waals surface area (Å²) in [5.74, 6) is 0.630. The van der Waals surface area contributed by atoms with Gasteiger partial charge in [-0.3, -0.25) is 10.2 Å². The van der Waals surface area contributed by atoms with Gasteiger partial charge in [0.05, 0.1) is 5.57 Å². The lowest BCUT2D eigenvalue weighted by Gasteiger charge is -2.19. The molecule has 142 valence electrons. The van der Waals surface area contributed by atoms with Crippen LogP contribution in [0.5, 0.6) is 0 Å². The van der Waals surface area contributed by atoms with Crippen molar-refractivity contribution in [2.75, 3.05) is 0 Å². The second-order valence-corrected chi connectivity index (χ2v) is 8.33. The van der Waals surface area contributed by atoms with Crippen LogP contribution in [0.15, 0.2) is 50.4 Å². The smallest absolute Gasteiger partial charge is 0.283 e. The van der Waals surface area contributed by atoms with Gasteiger partial charge in [0.25, 0.3) is 5.91 Å². The minimum absolute atomic E-state index is 0.0260. The number of nitrogens with one attached hydrogen (secondary N) is 1. The first kappa shape index (κ1) is 19.0. The van der Waals surface area contributed by atoms with Crippen molar-refractivity contribution in [3.63, 3.8) is 0 Å². The predicted molar refractivity (Wildman–Crippen MR) is 114 cm³/mol. The van der Waals surface area contributed by atoms with Gasteiger partial charge in [-0.05, 0) is 48.2 Å². The summed E-state index contributed by atoms with van der Waals surface area (Å²) >= 11 is 13.4. The number of hydrogen-bond acceptors (Lipinski definition) is 5. The molecule has 1 N–H and O–H groups in total. The molecule has 0 fully saturated rings. The number of amides is 1. The molecule has 1 amide bonds. The number of benzene rings is 1. The molecule has 9 heteroatoms. The number of amidine groups is 2. The SMILES string of the molecule is CC(C)C1=NN2C(=N)C(=Cc3ccc(-c4cc(Cl)cc(Cl)c4)o3)C(=O)N=C2S1. The molecule has 0 aliphatic carbocycles. The maximum absolute atomic E-state index is 12.4. The quantitative estimate of drug-likeness (QED) is 0.646. The normalized spacial score (nSPS) is 18.0. The number of aliphatic imine (C=N–C) groups is 1. The molecule has 2 aliphatic heterocycles. The van der Waals surface area contributed by atoms with E-state index in [1.165, 1.54) is 22.8 Å². The van der Waals surface area contributed by atoms with Crippen molar-refractivity contribution in [1.82, 2.24) is 5.01 Å². The molecule has 1 aromatic heterocycles. The Hall–Kier alpha value is -2.35. The summed E-state index contributed by atoms with van der Waals surface area (Å²) < 4.78 is 5.80. The zero-order chi connectivity index (χ0) is 20.0. The first-order valence-electron chi connectivity index (χ1n) is 8.38. The highest BCUT2D eigenvalue weighted by atomic mass is 35.5. The first-order valence-corrected chi connectivity index (χ1v) is 9.95. The third-order valence-corrected chi connectivity index (χ3v) is 5.67. The Kier molecular flexibility index (Phi) is 4.91. The summed E-state index contributed by atoms with van der Waals surface area (Å²) in [6.07, 6.45) is 1.49. The van der Waals surface area contributed by atoms with E-state index in [1.807, 2.05) is 13.8 Å². The van der Waals surface area contributed by atoms with Crippen LogP contribution in [0.4, 0.5) is 0 Å². The van der Waals surface area contributed by atoms with Gasteiger partial charge in [-0.1, -0.05) is 37.0 Å². The standard InChI is InChI=1S/C19H14Cl2N4O2S/c1-9(2)18-24-25-16(22)14(17(26)23-19(25)28-18)8-13-3-4-15(27-13)10-5-11(20)7-12(21)6-10/h3-9,22H,1-2H3. The Morgan fingerprint density at radius 3 is 2.61 bits per heavy atom. The summed E-state index contributed by atoms with van der Waals surface area (Å²) in [5, 5.41) is 16.4. The van der Waals surface area contributed by atoms with E-state index in [0.717, 1.165) is 10.6 Å². The predicted octanol–water partition coefficient (Wildman–Crippen LogP) is 5.53. The van der Waals surface area contributed by atoms with E-state index in [4.69, 9.17) is 33.0 Å². The second kappa shape index (κ2) is 7.24. The molecule has 2 aromatic rings. The number of nitrogens with zero attached hydrogens (tertiary/aromatic N) is 3. The minimum atomic E-state index is -0.493. The van der Waals surface area contributed by atoms with E-state index in [0.29, 0.717) is 26.7 Å². The molecule has 0 saturated carbocycles. The molecule has 4 rings (SSSR count). The molecule has 0 atom stereocenters. The molecular formula is C19H14Cl2N4O2S. The molecular weight excluding hydrogens is 419 g/mol. The summed E-state index contributed by atoms with van der Waals surface area (Å²) in [7, 11) is 0. The number of thioether (sulfide) groups is 1. The lowest BCUT2D eigenvalue weighted by molar-refractivity contribution is -0.114. The zero-order valence-electron chi connectivity index (χ0n) is 14.9. The lowest BCUT2D eigenvalue weighted by Crippen LogP contribution is -2.35. The monoisotopic (exact) mass is 432 g/mol. The van der Waals surface area contributed by atoms with Crippen LogP contribution in [0, 0.1) is 11.3 Å². The Bertz CT molecular complexity index is 1080. The fraction of sp³-hybridized carbons (Fsp3) is 0.158. The van der Waals surface area contributed by atoms with Crippen LogP contribution in [0.25, 0.3) is 17.4 Å². The van der Waals surface area contributed by atoms with Crippen molar-refractivity contribution in [3.05, 3.63) is 51.7 Å². The molecule has 28 heavy (non-hydrogen) atoms. The van der Waals surface area contributed by atoms with Gasteiger partial charge in [0.2, 0.25) is 5.17 Å². The van der Waals surface area contributed by atoms with Crippen molar-refractivity contribution in [3.8, 4) is 11.3 Å². The van der Waals surface area contributed by atoms with E-state index in [-0.39, 0.29) is 17.3 Å².